The Hall–Kier alpha value is -1.71. The van der Waals surface area contributed by atoms with Crippen LogP contribution in [0, 0.1) is 5.92 Å². The van der Waals surface area contributed by atoms with Crippen LogP contribution in [0.25, 0.3) is 0 Å². The van der Waals surface area contributed by atoms with Gasteiger partial charge in [0, 0.05) is 6.42 Å². The van der Waals surface area contributed by atoms with Gasteiger partial charge in [-0.05, 0) is 32.1 Å². The third-order valence-electron chi connectivity index (χ3n) is 2.98. The lowest BCUT2D eigenvalue weighted by Crippen LogP contribution is -2.31. The Kier molecular flexibility index (Phi) is 3.75. The number of hydrogen-bond acceptors (Lipinski definition) is 4. The molecule has 0 N–H and O–H groups in total. The molecule has 18 heavy (non-hydrogen) atoms. The number of methoxy groups -OCH3 is 1. The van der Waals surface area contributed by atoms with E-state index in [1.165, 1.54) is 0 Å². The van der Waals surface area contributed by atoms with E-state index in [0.717, 1.165) is 0 Å². The molecular formula is C14H18O4. The topological polar surface area (TPSA) is 44.8 Å². The van der Waals surface area contributed by atoms with Crippen LogP contribution in [0.15, 0.2) is 35.8 Å². The van der Waals surface area contributed by atoms with Gasteiger partial charge in [0.1, 0.15) is 23.5 Å². The molecular weight excluding hydrogens is 232 g/mol. The number of esters is 1. The van der Waals surface area contributed by atoms with Crippen LogP contribution >= 0.6 is 0 Å². The highest BCUT2D eigenvalue weighted by molar-refractivity contribution is 5.78. The Morgan fingerprint density at radius 3 is 2.67 bits per heavy atom. The summed E-state index contributed by atoms with van der Waals surface area (Å²) in [5, 5.41) is 0. The highest BCUT2D eigenvalue weighted by Gasteiger charge is 2.30. The van der Waals surface area contributed by atoms with Gasteiger partial charge in [-0.1, -0.05) is 6.08 Å². The van der Waals surface area contributed by atoms with E-state index in [0.29, 0.717) is 17.9 Å². The van der Waals surface area contributed by atoms with Crippen molar-refractivity contribution >= 4 is 5.97 Å². The van der Waals surface area contributed by atoms with Gasteiger partial charge < -0.3 is 14.2 Å². The second kappa shape index (κ2) is 5.29. The average Bonchev–Trinajstić information content (AvgIpc) is 2.49. The normalized spacial score (nSPS) is 31.7. The summed E-state index contributed by atoms with van der Waals surface area (Å²) in [6.07, 6.45) is 7.67. The Balaban J connectivity index is 2.29. The first-order valence-electron chi connectivity index (χ1n) is 6.11. The van der Waals surface area contributed by atoms with E-state index in [4.69, 9.17) is 14.2 Å². The van der Waals surface area contributed by atoms with Gasteiger partial charge in [-0.15, -0.1) is 0 Å². The van der Waals surface area contributed by atoms with Crippen molar-refractivity contribution in [2.24, 2.45) is 5.92 Å². The van der Waals surface area contributed by atoms with Crippen LogP contribution in [0.3, 0.4) is 0 Å². The van der Waals surface area contributed by atoms with Crippen LogP contribution in [-0.2, 0) is 19.0 Å². The second-order valence-electron chi connectivity index (χ2n) is 4.59. The first-order chi connectivity index (χ1) is 8.60. The van der Waals surface area contributed by atoms with Gasteiger partial charge in [-0.25, -0.2) is 0 Å². The SMILES string of the molecule is COC1=CC=C2OC(C)CC(C)OC(=O)C2C=C1. The molecule has 0 amide bonds. The third-order valence-corrected chi connectivity index (χ3v) is 2.98. The number of carbonyl (C=O) groups excluding carboxylic acids is 1. The molecule has 0 bridgehead atoms. The minimum absolute atomic E-state index is 0.0211. The number of cyclic esters (lactones) is 1. The van der Waals surface area contributed by atoms with Gasteiger partial charge in [0.05, 0.1) is 13.2 Å². The minimum Gasteiger partial charge on any atom is -0.497 e. The molecule has 1 aliphatic heterocycles. The molecule has 3 atom stereocenters. The van der Waals surface area contributed by atoms with Gasteiger partial charge in [0.2, 0.25) is 0 Å². The first kappa shape index (κ1) is 12.7. The van der Waals surface area contributed by atoms with E-state index >= 15 is 0 Å². The summed E-state index contributed by atoms with van der Waals surface area (Å²) >= 11 is 0. The lowest BCUT2D eigenvalue weighted by atomic mass is 10.1. The number of allylic oxidation sites excluding steroid dienone is 3. The Morgan fingerprint density at radius 2 is 1.94 bits per heavy atom. The van der Waals surface area contributed by atoms with Gasteiger partial charge in [0.15, 0.2) is 0 Å². The van der Waals surface area contributed by atoms with Crippen molar-refractivity contribution in [2.45, 2.75) is 32.5 Å². The fraction of sp³-hybridized carbons (Fsp3) is 0.500. The number of fused-ring (bicyclic) bond motifs is 1. The Morgan fingerprint density at radius 1 is 1.22 bits per heavy atom. The monoisotopic (exact) mass is 250 g/mol. The van der Waals surface area contributed by atoms with Crippen molar-refractivity contribution < 1.29 is 19.0 Å². The molecule has 0 radical (unpaired) electrons. The van der Waals surface area contributed by atoms with Crippen molar-refractivity contribution in [3.8, 4) is 0 Å². The predicted octanol–water partition coefficient (Wildman–Crippen LogP) is 2.33. The van der Waals surface area contributed by atoms with Crippen LogP contribution in [0.5, 0.6) is 0 Å². The molecule has 4 nitrogen and oxygen atoms in total. The van der Waals surface area contributed by atoms with E-state index in [2.05, 4.69) is 0 Å². The maximum Gasteiger partial charge on any atom is 0.320 e. The van der Waals surface area contributed by atoms with E-state index in [9.17, 15) is 4.79 Å². The lowest BCUT2D eigenvalue weighted by molar-refractivity contribution is -0.155. The zero-order chi connectivity index (χ0) is 13.1. The summed E-state index contributed by atoms with van der Waals surface area (Å²) in [5.74, 6) is 0.538. The van der Waals surface area contributed by atoms with Crippen LogP contribution in [0.2, 0.25) is 0 Å². The molecule has 0 aromatic heterocycles. The van der Waals surface area contributed by atoms with E-state index in [1.807, 2.05) is 13.8 Å². The molecule has 0 aromatic rings. The van der Waals surface area contributed by atoms with Crippen molar-refractivity contribution in [1.29, 1.82) is 0 Å². The molecule has 1 aliphatic carbocycles. The molecule has 3 unspecified atom stereocenters. The van der Waals surface area contributed by atoms with Crippen molar-refractivity contribution in [3.05, 3.63) is 35.8 Å². The summed E-state index contributed by atoms with van der Waals surface area (Å²) in [5.41, 5.74) is 0. The number of ether oxygens (including phenoxy) is 3. The Labute approximate surface area is 107 Å². The third kappa shape index (κ3) is 2.75. The van der Waals surface area contributed by atoms with Crippen LogP contribution in [0.4, 0.5) is 0 Å². The molecule has 0 saturated carbocycles. The van der Waals surface area contributed by atoms with Crippen molar-refractivity contribution in [2.75, 3.05) is 7.11 Å². The van der Waals surface area contributed by atoms with Crippen LogP contribution < -0.4 is 0 Å². The molecule has 0 aromatic carbocycles. The number of carbonyl (C=O) groups is 1. The maximum absolute atomic E-state index is 12.0. The number of hydrogen-bond donors (Lipinski definition) is 0. The van der Waals surface area contributed by atoms with Crippen LogP contribution in [-0.4, -0.2) is 25.3 Å². The van der Waals surface area contributed by atoms with Gasteiger partial charge in [-0.2, -0.15) is 0 Å². The zero-order valence-corrected chi connectivity index (χ0v) is 10.9. The smallest absolute Gasteiger partial charge is 0.320 e. The minimum atomic E-state index is -0.487. The summed E-state index contributed by atoms with van der Waals surface area (Å²) in [4.78, 5) is 12.0. The second-order valence-corrected chi connectivity index (χ2v) is 4.59. The summed E-state index contributed by atoms with van der Waals surface area (Å²) in [6.45, 7) is 3.86. The molecule has 1 heterocycles. The number of rotatable bonds is 1. The molecule has 4 heteroatoms. The van der Waals surface area contributed by atoms with Crippen molar-refractivity contribution in [3.63, 3.8) is 0 Å². The lowest BCUT2D eigenvalue weighted by Gasteiger charge is -2.27. The van der Waals surface area contributed by atoms with Crippen LogP contribution in [0.1, 0.15) is 20.3 Å². The van der Waals surface area contributed by atoms with Gasteiger partial charge in [0.25, 0.3) is 0 Å². The maximum atomic E-state index is 12.0. The first-order valence-corrected chi connectivity index (χ1v) is 6.11. The molecule has 1 fully saturated rings. The summed E-state index contributed by atoms with van der Waals surface area (Å²) in [6, 6.07) is 0. The van der Waals surface area contributed by atoms with Gasteiger partial charge in [-0.3, -0.25) is 4.79 Å². The summed E-state index contributed by atoms with van der Waals surface area (Å²) < 4.78 is 16.3. The van der Waals surface area contributed by atoms with Crippen molar-refractivity contribution in [1.82, 2.24) is 0 Å². The highest BCUT2D eigenvalue weighted by atomic mass is 16.6. The van der Waals surface area contributed by atoms with E-state index in [1.54, 1.807) is 31.4 Å². The Bertz CT molecular complexity index is 420. The van der Waals surface area contributed by atoms with E-state index < -0.39 is 5.92 Å². The molecule has 0 spiro atoms. The molecule has 2 aliphatic rings. The fourth-order valence-electron chi connectivity index (χ4n) is 2.12. The standard InChI is InChI=1S/C14H18O4/c1-9-8-10(2)18-14(15)12-6-4-11(16-3)5-7-13(12)17-9/h4-7,9-10,12H,8H2,1-3H3. The fourth-order valence-corrected chi connectivity index (χ4v) is 2.12. The average molecular weight is 250 g/mol. The predicted molar refractivity (Wildman–Crippen MR) is 66.5 cm³/mol. The van der Waals surface area contributed by atoms with E-state index in [-0.39, 0.29) is 18.2 Å². The molecule has 1 saturated heterocycles. The highest BCUT2D eigenvalue weighted by Crippen LogP contribution is 2.26. The van der Waals surface area contributed by atoms with Gasteiger partial charge >= 0.3 is 5.97 Å². The largest absolute Gasteiger partial charge is 0.497 e. The zero-order valence-electron chi connectivity index (χ0n) is 10.9. The quantitative estimate of drug-likeness (QED) is 0.670. The summed E-state index contributed by atoms with van der Waals surface area (Å²) in [7, 11) is 1.59. The molecule has 2 rings (SSSR count). The molecule has 98 valence electrons.